The van der Waals surface area contributed by atoms with Gasteiger partial charge in [0.25, 0.3) is 0 Å². The monoisotopic (exact) mass is 414 g/mol. The van der Waals surface area contributed by atoms with Crippen molar-refractivity contribution in [2.75, 3.05) is 0 Å². The lowest BCUT2D eigenvalue weighted by molar-refractivity contribution is 1.43. The second kappa shape index (κ2) is 9.09. The van der Waals surface area contributed by atoms with Crippen LogP contribution in [0.2, 0.25) is 0 Å². The average molecular weight is 415 g/mol. The van der Waals surface area contributed by atoms with Crippen LogP contribution in [0, 0.1) is 0 Å². The fraction of sp³-hybridized carbons (Fsp3) is 0.0417. The van der Waals surface area contributed by atoms with E-state index >= 15 is 0 Å². The summed E-state index contributed by atoms with van der Waals surface area (Å²) in [4.78, 5) is 9.62. The Morgan fingerprint density at radius 3 is 1.96 bits per heavy atom. The van der Waals surface area contributed by atoms with Crippen LogP contribution in [-0.2, 0) is 0 Å². The van der Waals surface area contributed by atoms with E-state index < -0.39 is 0 Å². The van der Waals surface area contributed by atoms with E-state index in [2.05, 4.69) is 28.2 Å². The molecule has 0 aromatic heterocycles. The highest BCUT2D eigenvalue weighted by Crippen LogP contribution is 2.19. The summed E-state index contributed by atoms with van der Waals surface area (Å²) >= 11 is 3.53. The van der Waals surface area contributed by atoms with Crippen LogP contribution in [0.25, 0.3) is 5.70 Å². The second-order valence-electron chi connectivity index (χ2n) is 5.90. The van der Waals surface area contributed by atoms with Gasteiger partial charge in [-0.05, 0) is 24.6 Å². The van der Waals surface area contributed by atoms with Gasteiger partial charge in [0.05, 0.1) is 0 Å². The quantitative estimate of drug-likeness (QED) is 0.263. The summed E-state index contributed by atoms with van der Waals surface area (Å²) < 4.78 is 0.976. The molecule has 27 heavy (non-hydrogen) atoms. The third-order valence-corrected chi connectivity index (χ3v) is 4.47. The summed E-state index contributed by atoms with van der Waals surface area (Å²) in [5.41, 5.74) is 7.43. The van der Waals surface area contributed by atoms with E-state index in [1.807, 2.05) is 91.9 Å². The summed E-state index contributed by atoms with van der Waals surface area (Å²) in [7, 11) is 0. The minimum atomic E-state index is 0.618. The van der Waals surface area contributed by atoms with E-state index in [0.29, 0.717) is 11.5 Å². The number of nitrogens with zero attached hydrogens (tertiary/aromatic N) is 2. The van der Waals surface area contributed by atoms with Crippen molar-refractivity contribution in [3.8, 4) is 0 Å². The van der Waals surface area contributed by atoms with Gasteiger partial charge in [0.15, 0.2) is 5.84 Å². The number of amidine groups is 1. The van der Waals surface area contributed by atoms with Crippen LogP contribution in [0.3, 0.4) is 0 Å². The van der Waals surface area contributed by atoms with Gasteiger partial charge in [0, 0.05) is 21.3 Å². The molecule has 0 saturated carbocycles. The molecule has 0 aliphatic rings. The molecule has 0 unspecified atom stereocenters. The fourth-order valence-corrected chi connectivity index (χ4v) is 2.99. The Kier molecular flexibility index (Phi) is 6.32. The van der Waals surface area contributed by atoms with Crippen molar-refractivity contribution in [3.63, 3.8) is 0 Å². The number of rotatable bonds is 4. The summed E-state index contributed by atoms with van der Waals surface area (Å²) in [6, 6.07) is 27.9. The normalized spacial score (nSPS) is 11.8. The molecule has 132 valence electrons. The molecule has 0 aliphatic carbocycles. The van der Waals surface area contributed by atoms with E-state index in [1.165, 1.54) is 0 Å². The molecular formula is C24H19BrN2. The molecule has 0 amide bonds. The van der Waals surface area contributed by atoms with Crippen molar-refractivity contribution in [1.82, 2.24) is 0 Å². The molecule has 0 N–H and O–H groups in total. The number of aliphatic imine (C=N–C) groups is 2. The van der Waals surface area contributed by atoms with Gasteiger partial charge < -0.3 is 0 Å². The minimum absolute atomic E-state index is 0.618. The van der Waals surface area contributed by atoms with Crippen molar-refractivity contribution < 1.29 is 0 Å². The Labute approximate surface area is 168 Å². The van der Waals surface area contributed by atoms with Gasteiger partial charge in [-0.15, -0.1) is 5.73 Å². The van der Waals surface area contributed by atoms with E-state index in [0.717, 1.165) is 26.9 Å². The Morgan fingerprint density at radius 2 is 1.37 bits per heavy atom. The molecule has 0 heterocycles. The summed E-state index contributed by atoms with van der Waals surface area (Å²) in [5.74, 6) is 0.618. The topological polar surface area (TPSA) is 24.7 Å². The van der Waals surface area contributed by atoms with Crippen LogP contribution < -0.4 is 0 Å². The van der Waals surface area contributed by atoms with E-state index in [-0.39, 0.29) is 0 Å². The Balaban J connectivity index is 2.12. The molecule has 0 saturated heterocycles. The van der Waals surface area contributed by atoms with Crippen LogP contribution >= 0.6 is 15.9 Å². The van der Waals surface area contributed by atoms with Crippen molar-refractivity contribution in [1.29, 1.82) is 0 Å². The number of hydrogen-bond donors (Lipinski definition) is 0. The molecule has 3 rings (SSSR count). The maximum atomic E-state index is 4.83. The summed E-state index contributed by atoms with van der Waals surface area (Å²) in [6.07, 6.45) is 0. The fourth-order valence-electron chi connectivity index (χ4n) is 2.59. The zero-order valence-electron chi connectivity index (χ0n) is 15.1. The van der Waals surface area contributed by atoms with E-state index in [4.69, 9.17) is 9.98 Å². The molecule has 0 spiro atoms. The van der Waals surface area contributed by atoms with Crippen LogP contribution in [0.4, 0.5) is 0 Å². The van der Waals surface area contributed by atoms with Crippen molar-refractivity contribution >= 4 is 33.2 Å². The van der Waals surface area contributed by atoms with Gasteiger partial charge in [0.2, 0.25) is 0 Å². The summed E-state index contributed by atoms with van der Waals surface area (Å²) in [5, 5.41) is 0. The third-order valence-electron chi connectivity index (χ3n) is 3.98. The smallest absolute Gasteiger partial charge is 0.160 e. The van der Waals surface area contributed by atoms with Crippen LogP contribution in [0.15, 0.2) is 112 Å². The highest BCUT2D eigenvalue weighted by atomic mass is 79.9. The second-order valence-corrected chi connectivity index (χ2v) is 6.82. The zero-order chi connectivity index (χ0) is 19.1. The van der Waals surface area contributed by atoms with Crippen molar-refractivity contribution in [2.24, 2.45) is 9.98 Å². The zero-order valence-corrected chi connectivity index (χ0v) is 16.6. The highest BCUT2D eigenvalue weighted by molar-refractivity contribution is 9.10. The van der Waals surface area contributed by atoms with Gasteiger partial charge in [-0.1, -0.05) is 95.3 Å². The Morgan fingerprint density at radius 1 is 0.778 bits per heavy atom. The number of hydrogen-bond acceptors (Lipinski definition) is 1. The predicted octanol–water partition coefficient (Wildman–Crippen LogP) is 6.53. The van der Waals surface area contributed by atoms with E-state index in [1.54, 1.807) is 0 Å². The molecule has 3 aromatic carbocycles. The molecule has 0 atom stereocenters. The van der Waals surface area contributed by atoms with Gasteiger partial charge in [-0.3, -0.25) is 0 Å². The predicted molar refractivity (Wildman–Crippen MR) is 118 cm³/mol. The number of halogens is 1. The molecule has 0 fully saturated rings. The van der Waals surface area contributed by atoms with Gasteiger partial charge in [-0.25, -0.2) is 9.98 Å². The summed E-state index contributed by atoms with van der Waals surface area (Å²) in [6.45, 7) is 5.80. The van der Waals surface area contributed by atoms with Crippen molar-refractivity contribution in [2.45, 2.75) is 6.92 Å². The lowest BCUT2D eigenvalue weighted by Gasteiger charge is -2.07. The first-order valence-electron chi connectivity index (χ1n) is 8.58. The Hall–Kier alpha value is -3.00. The van der Waals surface area contributed by atoms with Crippen LogP contribution in [-0.4, -0.2) is 11.5 Å². The van der Waals surface area contributed by atoms with Crippen molar-refractivity contribution in [3.05, 3.63) is 118 Å². The molecular weight excluding hydrogens is 396 g/mol. The molecule has 2 nitrogen and oxygen atoms in total. The largest absolute Gasteiger partial charge is 0.233 e. The Bertz CT molecular complexity index is 1030. The first-order valence-corrected chi connectivity index (χ1v) is 9.37. The van der Waals surface area contributed by atoms with Gasteiger partial charge in [-0.2, -0.15) is 0 Å². The molecule has 0 aliphatic heterocycles. The molecule has 0 bridgehead atoms. The van der Waals surface area contributed by atoms with Crippen LogP contribution in [0.5, 0.6) is 0 Å². The lowest BCUT2D eigenvalue weighted by Crippen LogP contribution is -2.04. The average Bonchev–Trinajstić information content (AvgIpc) is 2.72. The minimum Gasteiger partial charge on any atom is -0.233 e. The van der Waals surface area contributed by atoms with E-state index in [9.17, 15) is 0 Å². The molecule has 0 radical (unpaired) electrons. The first-order chi connectivity index (χ1) is 13.2. The third kappa shape index (κ3) is 5.01. The molecule has 3 heteroatoms. The van der Waals surface area contributed by atoms with Gasteiger partial charge in [0.1, 0.15) is 5.70 Å². The van der Waals surface area contributed by atoms with Gasteiger partial charge >= 0.3 is 0 Å². The SMILES string of the molecule is C=C=C(/N=C(\N=C(/C)c1ccccc1)c1cccc(Br)c1)c1ccccc1. The molecule has 3 aromatic rings. The number of benzene rings is 3. The standard InChI is InChI=1S/C24H19BrN2/c1-3-23(20-13-8-5-9-14-20)27-24(21-15-10-16-22(25)17-21)26-18(2)19-11-6-4-7-12-19/h4-17H,1H2,2H3/b26-18+,27-24-. The maximum absolute atomic E-state index is 4.83. The first kappa shape index (κ1) is 18.8. The van der Waals surface area contributed by atoms with Crippen LogP contribution in [0.1, 0.15) is 23.6 Å². The lowest BCUT2D eigenvalue weighted by atomic mass is 10.1. The highest BCUT2D eigenvalue weighted by Gasteiger charge is 2.08. The maximum Gasteiger partial charge on any atom is 0.160 e.